The van der Waals surface area contributed by atoms with E-state index in [1.54, 1.807) is 32.4 Å². The summed E-state index contributed by atoms with van der Waals surface area (Å²) in [7, 11) is 3.13. The summed E-state index contributed by atoms with van der Waals surface area (Å²) in [6.07, 6.45) is 4.96. The Morgan fingerprint density at radius 2 is 1.74 bits per heavy atom. The second kappa shape index (κ2) is 13.0. The Kier molecular flexibility index (Phi) is 9.49. The molecule has 6 nitrogen and oxygen atoms in total. The molecule has 0 spiro atoms. The molecule has 0 unspecified atom stereocenters. The molecule has 3 rings (SSSR count). The Morgan fingerprint density at radius 3 is 2.50 bits per heavy atom. The van der Waals surface area contributed by atoms with Gasteiger partial charge in [-0.05, 0) is 66.5 Å². The van der Waals surface area contributed by atoms with Crippen molar-refractivity contribution in [3.63, 3.8) is 0 Å². The van der Waals surface area contributed by atoms with Crippen molar-refractivity contribution in [2.75, 3.05) is 26.1 Å². The number of ether oxygens (including phenoxy) is 3. The van der Waals surface area contributed by atoms with Gasteiger partial charge in [0, 0.05) is 17.8 Å². The lowest BCUT2D eigenvalue weighted by Gasteiger charge is -2.11. The van der Waals surface area contributed by atoms with Gasteiger partial charge in [-0.1, -0.05) is 42.5 Å². The Bertz CT molecular complexity index is 1130. The predicted octanol–water partition coefficient (Wildman–Crippen LogP) is 5.24. The van der Waals surface area contributed by atoms with Gasteiger partial charge in [-0.25, -0.2) is 0 Å². The monoisotopic (exact) mass is 476 g/mol. The number of thiocarbonyl (C=S) groups is 1. The largest absolute Gasteiger partial charge is 0.494 e. The molecular formula is C27H28N2O4S. The fourth-order valence-electron chi connectivity index (χ4n) is 3.22. The highest BCUT2D eigenvalue weighted by Crippen LogP contribution is 2.28. The van der Waals surface area contributed by atoms with Gasteiger partial charge in [0.25, 0.3) is 0 Å². The van der Waals surface area contributed by atoms with Crippen molar-refractivity contribution >= 4 is 35.0 Å². The third kappa shape index (κ3) is 7.94. The van der Waals surface area contributed by atoms with Crippen LogP contribution in [-0.4, -0.2) is 31.8 Å². The summed E-state index contributed by atoms with van der Waals surface area (Å²) >= 11 is 5.26. The van der Waals surface area contributed by atoms with Gasteiger partial charge in [0.1, 0.15) is 5.75 Å². The number of hydrogen-bond donors (Lipinski definition) is 2. The molecule has 34 heavy (non-hydrogen) atoms. The third-order valence-corrected chi connectivity index (χ3v) is 5.09. The zero-order valence-electron chi connectivity index (χ0n) is 19.2. The average molecular weight is 477 g/mol. The molecule has 0 bridgehead atoms. The van der Waals surface area contributed by atoms with Gasteiger partial charge in [0.2, 0.25) is 5.91 Å². The van der Waals surface area contributed by atoms with E-state index in [2.05, 4.69) is 22.8 Å². The number of nitrogens with one attached hydrogen (secondary N) is 2. The zero-order valence-corrected chi connectivity index (χ0v) is 20.1. The van der Waals surface area contributed by atoms with E-state index in [-0.39, 0.29) is 11.0 Å². The number of amides is 1. The quantitative estimate of drug-likeness (QED) is 0.237. The summed E-state index contributed by atoms with van der Waals surface area (Å²) in [6, 6.07) is 23.2. The smallest absolute Gasteiger partial charge is 0.250 e. The molecule has 7 heteroatoms. The van der Waals surface area contributed by atoms with Crippen LogP contribution >= 0.6 is 12.2 Å². The van der Waals surface area contributed by atoms with E-state index in [0.29, 0.717) is 18.1 Å². The number of aryl methyl sites for hydroxylation is 1. The minimum absolute atomic E-state index is 0.197. The first kappa shape index (κ1) is 24.8. The summed E-state index contributed by atoms with van der Waals surface area (Å²) in [5.74, 6) is 1.60. The Morgan fingerprint density at radius 1 is 0.941 bits per heavy atom. The number of carbonyl (C=O) groups is 1. The molecule has 0 heterocycles. The molecule has 0 fully saturated rings. The molecule has 0 aliphatic rings. The van der Waals surface area contributed by atoms with E-state index >= 15 is 0 Å². The first-order valence-corrected chi connectivity index (χ1v) is 11.3. The average Bonchev–Trinajstić information content (AvgIpc) is 2.86. The highest BCUT2D eigenvalue weighted by molar-refractivity contribution is 7.80. The molecule has 2 N–H and O–H groups in total. The first-order chi connectivity index (χ1) is 16.6. The van der Waals surface area contributed by atoms with Gasteiger partial charge in [0.05, 0.1) is 20.8 Å². The highest BCUT2D eigenvalue weighted by atomic mass is 32.1. The normalized spacial score (nSPS) is 10.5. The van der Waals surface area contributed by atoms with Crippen LogP contribution in [0.2, 0.25) is 0 Å². The van der Waals surface area contributed by atoms with Gasteiger partial charge in [-0.3, -0.25) is 10.1 Å². The Hall–Kier alpha value is -3.84. The van der Waals surface area contributed by atoms with E-state index in [9.17, 15) is 4.79 Å². The summed E-state index contributed by atoms with van der Waals surface area (Å²) in [4.78, 5) is 12.2. The van der Waals surface area contributed by atoms with Crippen LogP contribution in [0.4, 0.5) is 5.69 Å². The molecule has 3 aromatic carbocycles. The third-order valence-electron chi connectivity index (χ3n) is 4.88. The van der Waals surface area contributed by atoms with Crippen LogP contribution in [0.1, 0.15) is 17.5 Å². The van der Waals surface area contributed by atoms with Gasteiger partial charge in [0.15, 0.2) is 16.6 Å². The molecule has 176 valence electrons. The molecule has 0 aromatic heterocycles. The van der Waals surface area contributed by atoms with E-state index in [1.165, 1.54) is 11.6 Å². The standard InChI is InChI=1S/C27H28N2O4S/c1-31-24-15-13-21(18-25(24)32-2)14-16-26(30)29-27(34)28-22-11-6-12-23(19-22)33-17-7-10-20-8-4-3-5-9-20/h3-6,8-9,11-16,18-19H,7,10,17H2,1-2H3,(H2,28,29,30,34)/b16-14+. The maximum absolute atomic E-state index is 12.2. The lowest BCUT2D eigenvalue weighted by molar-refractivity contribution is -0.115. The van der Waals surface area contributed by atoms with Crippen LogP contribution in [0.15, 0.2) is 78.9 Å². The lowest BCUT2D eigenvalue weighted by Crippen LogP contribution is -2.32. The van der Waals surface area contributed by atoms with Crippen molar-refractivity contribution in [2.45, 2.75) is 12.8 Å². The predicted molar refractivity (Wildman–Crippen MR) is 140 cm³/mol. The van der Waals surface area contributed by atoms with Crippen molar-refractivity contribution in [3.05, 3.63) is 90.0 Å². The van der Waals surface area contributed by atoms with E-state index < -0.39 is 0 Å². The number of benzene rings is 3. The minimum Gasteiger partial charge on any atom is -0.494 e. The van der Waals surface area contributed by atoms with Crippen molar-refractivity contribution in [2.24, 2.45) is 0 Å². The van der Waals surface area contributed by atoms with Gasteiger partial charge < -0.3 is 19.5 Å². The number of hydrogen-bond acceptors (Lipinski definition) is 5. The van der Waals surface area contributed by atoms with Crippen LogP contribution in [0, 0.1) is 0 Å². The van der Waals surface area contributed by atoms with Crippen LogP contribution < -0.4 is 24.8 Å². The molecule has 1 amide bonds. The van der Waals surface area contributed by atoms with Crippen LogP contribution in [0.3, 0.4) is 0 Å². The molecular weight excluding hydrogens is 448 g/mol. The molecule has 0 saturated carbocycles. The van der Waals surface area contributed by atoms with E-state index in [1.807, 2.05) is 48.5 Å². The van der Waals surface area contributed by atoms with Crippen molar-refractivity contribution < 1.29 is 19.0 Å². The number of carbonyl (C=O) groups excluding carboxylic acids is 1. The number of anilines is 1. The topological polar surface area (TPSA) is 68.8 Å². The SMILES string of the molecule is COc1ccc(/C=C/C(=O)NC(=S)Nc2cccc(OCCCc3ccccc3)c2)cc1OC. The molecule has 0 aliphatic heterocycles. The first-order valence-electron chi connectivity index (χ1n) is 10.9. The van der Waals surface area contributed by atoms with Crippen molar-refractivity contribution in [1.82, 2.24) is 5.32 Å². The maximum Gasteiger partial charge on any atom is 0.250 e. The summed E-state index contributed by atoms with van der Waals surface area (Å²) in [5, 5.41) is 5.85. The molecule has 0 aliphatic carbocycles. The summed E-state index contributed by atoms with van der Waals surface area (Å²) in [6.45, 7) is 0.612. The Balaban J connectivity index is 1.46. The lowest BCUT2D eigenvalue weighted by atomic mass is 10.1. The zero-order chi connectivity index (χ0) is 24.2. The van der Waals surface area contributed by atoms with E-state index in [0.717, 1.165) is 29.8 Å². The molecule has 0 saturated heterocycles. The number of rotatable bonds is 10. The van der Waals surface area contributed by atoms with Gasteiger partial charge in [-0.15, -0.1) is 0 Å². The van der Waals surface area contributed by atoms with Crippen LogP contribution in [-0.2, 0) is 11.2 Å². The summed E-state index contributed by atoms with van der Waals surface area (Å²) in [5.41, 5.74) is 2.82. The van der Waals surface area contributed by atoms with Crippen LogP contribution in [0.25, 0.3) is 6.08 Å². The fourth-order valence-corrected chi connectivity index (χ4v) is 3.44. The highest BCUT2D eigenvalue weighted by Gasteiger charge is 2.05. The molecule has 0 atom stereocenters. The van der Waals surface area contributed by atoms with Gasteiger partial charge >= 0.3 is 0 Å². The van der Waals surface area contributed by atoms with Crippen LogP contribution in [0.5, 0.6) is 17.2 Å². The molecule has 0 radical (unpaired) electrons. The minimum atomic E-state index is -0.347. The van der Waals surface area contributed by atoms with Gasteiger partial charge in [-0.2, -0.15) is 0 Å². The number of methoxy groups -OCH3 is 2. The van der Waals surface area contributed by atoms with E-state index in [4.69, 9.17) is 26.4 Å². The van der Waals surface area contributed by atoms with Crippen molar-refractivity contribution in [1.29, 1.82) is 0 Å². The van der Waals surface area contributed by atoms with Crippen molar-refractivity contribution in [3.8, 4) is 17.2 Å². The maximum atomic E-state index is 12.2. The second-order valence-corrected chi connectivity index (χ2v) is 7.76. The fraction of sp³-hybridized carbons (Fsp3) is 0.185. The summed E-state index contributed by atoms with van der Waals surface area (Å²) < 4.78 is 16.3. The Labute approximate surface area is 205 Å². The second-order valence-electron chi connectivity index (χ2n) is 7.36. The molecule has 3 aromatic rings.